The third-order valence-electron chi connectivity index (χ3n) is 6.54. The summed E-state index contributed by atoms with van der Waals surface area (Å²) < 4.78 is 43.8. The first kappa shape index (κ1) is 29.6. The SMILES string of the molecule is O=C(CC1(C(=O)NCCn2ccnc2)CC1)c1ccc(/C=C/C(c2cc(Cl)c(Cl)c(Cl)c2)C(F)(F)F)cc1Br. The van der Waals surface area contributed by atoms with Crippen molar-refractivity contribution in [1.29, 1.82) is 0 Å². The molecule has 4 rings (SSSR count). The highest BCUT2D eigenvalue weighted by atomic mass is 79.9. The van der Waals surface area contributed by atoms with Crippen LogP contribution in [-0.4, -0.2) is 34.0 Å². The molecule has 39 heavy (non-hydrogen) atoms. The summed E-state index contributed by atoms with van der Waals surface area (Å²) in [6, 6.07) is 6.92. The van der Waals surface area contributed by atoms with Gasteiger partial charge < -0.3 is 9.88 Å². The van der Waals surface area contributed by atoms with E-state index in [0.29, 0.717) is 41.5 Å². The monoisotopic (exact) mass is 661 g/mol. The number of hydrogen-bond donors (Lipinski definition) is 1. The Morgan fingerprint density at radius 3 is 2.41 bits per heavy atom. The summed E-state index contributed by atoms with van der Waals surface area (Å²) in [5.74, 6) is -2.36. The molecule has 1 N–H and O–H groups in total. The lowest BCUT2D eigenvalue weighted by molar-refractivity contribution is -0.139. The van der Waals surface area contributed by atoms with E-state index in [-0.39, 0.29) is 38.7 Å². The third-order valence-corrected chi connectivity index (χ3v) is 8.39. The van der Waals surface area contributed by atoms with Crippen LogP contribution in [0.3, 0.4) is 0 Å². The van der Waals surface area contributed by atoms with E-state index in [0.717, 1.165) is 18.2 Å². The van der Waals surface area contributed by atoms with Gasteiger partial charge in [0, 0.05) is 41.9 Å². The molecule has 1 amide bonds. The Kier molecular flexibility index (Phi) is 9.15. The summed E-state index contributed by atoms with van der Waals surface area (Å²) in [6.07, 6.45) is 4.08. The molecule has 1 atom stereocenters. The maximum absolute atomic E-state index is 13.8. The number of carbonyl (C=O) groups is 2. The lowest BCUT2D eigenvalue weighted by atomic mass is 9.93. The number of carbonyl (C=O) groups excluding carboxylic acids is 2. The number of hydrogen-bond acceptors (Lipinski definition) is 3. The Bertz CT molecular complexity index is 1380. The number of alkyl halides is 3. The summed E-state index contributed by atoms with van der Waals surface area (Å²) >= 11 is 21.1. The van der Waals surface area contributed by atoms with Crippen molar-refractivity contribution in [2.45, 2.75) is 37.9 Å². The van der Waals surface area contributed by atoms with Crippen molar-refractivity contribution in [3.05, 3.63) is 91.4 Å². The molecule has 1 aromatic heterocycles. The molecule has 1 unspecified atom stereocenters. The van der Waals surface area contributed by atoms with E-state index in [1.165, 1.54) is 12.1 Å². The zero-order valence-electron chi connectivity index (χ0n) is 20.2. The minimum absolute atomic E-state index is 0.0175. The Balaban J connectivity index is 1.43. The molecule has 2 aromatic carbocycles. The number of allylic oxidation sites excluding steroid dienone is 1. The first-order valence-corrected chi connectivity index (χ1v) is 13.8. The minimum atomic E-state index is -4.61. The number of nitrogens with zero attached hydrogens (tertiary/aromatic N) is 2. The Morgan fingerprint density at radius 2 is 1.85 bits per heavy atom. The van der Waals surface area contributed by atoms with Crippen molar-refractivity contribution in [2.24, 2.45) is 5.41 Å². The van der Waals surface area contributed by atoms with Crippen molar-refractivity contribution in [2.75, 3.05) is 6.54 Å². The van der Waals surface area contributed by atoms with Crippen LogP contribution in [0.1, 0.15) is 46.7 Å². The number of rotatable bonds is 10. The van der Waals surface area contributed by atoms with Gasteiger partial charge in [-0.1, -0.05) is 69.0 Å². The zero-order valence-corrected chi connectivity index (χ0v) is 24.1. The van der Waals surface area contributed by atoms with Gasteiger partial charge in [-0.05, 0) is 48.2 Å². The number of ketones is 1. The van der Waals surface area contributed by atoms with E-state index >= 15 is 0 Å². The molecular formula is C27H22BrCl3F3N3O2. The van der Waals surface area contributed by atoms with Crippen molar-refractivity contribution >= 4 is 68.5 Å². The average molecular weight is 664 g/mol. The van der Waals surface area contributed by atoms with Gasteiger partial charge in [0.2, 0.25) is 5.91 Å². The molecule has 1 heterocycles. The van der Waals surface area contributed by atoms with Crippen LogP contribution in [0.5, 0.6) is 0 Å². The van der Waals surface area contributed by atoms with Crippen LogP contribution in [0.25, 0.3) is 6.08 Å². The van der Waals surface area contributed by atoms with Crippen LogP contribution in [0.15, 0.2) is 59.6 Å². The fourth-order valence-corrected chi connectivity index (χ4v) is 5.41. The van der Waals surface area contributed by atoms with Crippen LogP contribution >= 0.6 is 50.7 Å². The smallest absolute Gasteiger partial charge is 0.354 e. The zero-order chi connectivity index (χ0) is 28.4. The summed E-state index contributed by atoms with van der Waals surface area (Å²) in [7, 11) is 0. The van der Waals surface area contributed by atoms with Gasteiger partial charge in [0.25, 0.3) is 0 Å². The maximum Gasteiger partial charge on any atom is 0.399 e. The molecule has 0 spiro atoms. The van der Waals surface area contributed by atoms with Gasteiger partial charge in [-0.25, -0.2) is 4.98 Å². The van der Waals surface area contributed by atoms with Gasteiger partial charge in [-0.15, -0.1) is 0 Å². The molecule has 206 valence electrons. The van der Waals surface area contributed by atoms with Gasteiger partial charge in [0.15, 0.2) is 5.78 Å². The van der Waals surface area contributed by atoms with Gasteiger partial charge in [0.05, 0.1) is 32.7 Å². The quantitative estimate of drug-likeness (QED) is 0.176. The van der Waals surface area contributed by atoms with E-state index in [1.54, 1.807) is 30.9 Å². The largest absolute Gasteiger partial charge is 0.399 e. The molecule has 1 aliphatic carbocycles. The molecule has 5 nitrogen and oxygen atoms in total. The van der Waals surface area contributed by atoms with Crippen LogP contribution < -0.4 is 5.32 Å². The van der Waals surface area contributed by atoms with Crippen LogP contribution in [0, 0.1) is 5.41 Å². The normalized spacial score (nSPS) is 15.4. The van der Waals surface area contributed by atoms with Crippen molar-refractivity contribution in [1.82, 2.24) is 14.9 Å². The molecule has 0 saturated heterocycles. The second-order valence-corrected chi connectivity index (χ2v) is 11.4. The summed E-state index contributed by atoms with van der Waals surface area (Å²) in [5.41, 5.74) is -0.0852. The van der Waals surface area contributed by atoms with Gasteiger partial charge >= 0.3 is 6.18 Å². The standard InChI is InChI=1S/C27H22BrCl3F3N3O2/c28-20-11-16(2-4-19(27(32,33)34)17-12-21(29)24(31)22(30)13-17)1-3-18(20)23(38)14-26(5-6-26)25(39)36-8-10-37-9-7-35-15-37/h1-4,7,9,11-13,15,19H,5-6,8,10,14H2,(H,36,39)/b4-2+. The van der Waals surface area contributed by atoms with Crippen LogP contribution in [0.4, 0.5) is 13.2 Å². The molecule has 0 radical (unpaired) electrons. The van der Waals surface area contributed by atoms with Crippen molar-refractivity contribution in [3.63, 3.8) is 0 Å². The molecule has 0 aliphatic heterocycles. The molecular weight excluding hydrogens is 642 g/mol. The van der Waals surface area contributed by atoms with E-state index in [2.05, 4.69) is 26.2 Å². The minimum Gasteiger partial charge on any atom is -0.354 e. The second-order valence-electron chi connectivity index (χ2n) is 9.35. The lowest BCUT2D eigenvalue weighted by Crippen LogP contribution is -2.35. The molecule has 1 saturated carbocycles. The number of nitrogens with one attached hydrogen (secondary N) is 1. The van der Waals surface area contributed by atoms with E-state index in [9.17, 15) is 22.8 Å². The van der Waals surface area contributed by atoms with Crippen molar-refractivity contribution < 1.29 is 22.8 Å². The van der Waals surface area contributed by atoms with Gasteiger partial charge in [0.1, 0.15) is 0 Å². The summed E-state index contributed by atoms with van der Waals surface area (Å²) in [4.78, 5) is 29.7. The molecule has 1 fully saturated rings. The van der Waals surface area contributed by atoms with Crippen molar-refractivity contribution in [3.8, 4) is 0 Å². The Labute approximate surface area is 246 Å². The number of Topliss-reactive ketones (excluding diaryl/α,β-unsaturated/α-hetero) is 1. The van der Waals surface area contributed by atoms with Gasteiger partial charge in [-0.3, -0.25) is 9.59 Å². The summed E-state index contributed by atoms with van der Waals surface area (Å²) in [6.45, 7) is 0.993. The number of amides is 1. The molecule has 3 aromatic rings. The number of aromatic nitrogens is 2. The maximum atomic E-state index is 13.8. The topological polar surface area (TPSA) is 64.0 Å². The fourth-order valence-electron chi connectivity index (χ4n) is 4.17. The first-order chi connectivity index (χ1) is 18.4. The molecule has 12 heteroatoms. The summed E-state index contributed by atoms with van der Waals surface area (Å²) in [5, 5.41) is 2.72. The molecule has 1 aliphatic rings. The van der Waals surface area contributed by atoms with Crippen LogP contribution in [0.2, 0.25) is 15.1 Å². The lowest BCUT2D eigenvalue weighted by Gasteiger charge is -2.18. The average Bonchev–Trinajstić information content (AvgIpc) is 3.45. The van der Waals surface area contributed by atoms with Gasteiger partial charge in [-0.2, -0.15) is 13.2 Å². The highest BCUT2D eigenvalue weighted by molar-refractivity contribution is 9.10. The number of halogens is 7. The van der Waals surface area contributed by atoms with Crippen LogP contribution in [-0.2, 0) is 11.3 Å². The fraction of sp³-hybridized carbons (Fsp3) is 0.296. The predicted octanol–water partition coefficient (Wildman–Crippen LogP) is 8.13. The van der Waals surface area contributed by atoms with E-state index in [1.807, 2.05) is 4.57 Å². The number of imidazole rings is 1. The second kappa shape index (κ2) is 12.0. The predicted molar refractivity (Wildman–Crippen MR) is 149 cm³/mol. The Hall–Kier alpha value is -2.33. The van der Waals surface area contributed by atoms with E-state index < -0.39 is 17.5 Å². The highest BCUT2D eigenvalue weighted by Gasteiger charge is 2.51. The first-order valence-electron chi connectivity index (χ1n) is 11.9. The third kappa shape index (κ3) is 7.25. The highest BCUT2D eigenvalue weighted by Crippen LogP contribution is 2.50. The number of benzene rings is 2. The van der Waals surface area contributed by atoms with E-state index in [4.69, 9.17) is 34.8 Å². The Morgan fingerprint density at radius 1 is 1.15 bits per heavy atom. The molecule has 0 bridgehead atoms.